The molecular weight excluding hydrogens is 1860 g/mol. The standard InChI is InChI=1S/C102H132N10O27S2/c1-70(2)80(60-88(114)86(112-90(115)28-29-91(112)116)57-72-20-24-77(25-21-72)137-55-54-136-53-52-135-51-50-134-49-48-133-47-46-132-45-44-131-43-42-130-41-40-129-39-38-128-37-36-127-35-34-126-6)94(118)107-84(14-10-30-104-96(103)121)87(113)58-73-16-18-74(19-17-73)62-138-98(122)110(32-56-141(123,124)125)31-33-139-102-66-99(4)63-100(5,67-102)65-101(64-99,68-102)69-111-71(3)82(61-105-111)78-26-27-83(106-92(78)95(119)120)76-23-22-75-11-9-12-79(81(75)59-76)93(117)109-97-108-85-13-7-8-15-89(85)140-97/h7-9,11-13,15-29,59,61,70,80,84,86H,10,14,30-58,60,62-69H2,1-6H3,(H,107,118)(H,119,120)(H3,103,104,121)(H,108,109,117)(H,123,124,125)/t80-,84-,86-,99?,100?,101?,102?/m0/s1. The van der Waals surface area contributed by atoms with Crippen LogP contribution in [0.1, 0.15) is 129 Å². The van der Waals surface area contributed by atoms with E-state index in [4.69, 9.17) is 82.1 Å². The molecule has 5 aromatic carbocycles. The molecule has 4 bridgehead atoms. The van der Waals surface area contributed by atoms with Crippen molar-refractivity contribution in [3.05, 3.63) is 173 Å². The van der Waals surface area contributed by atoms with E-state index in [0.717, 1.165) is 70.5 Å². The number of ketones is 2. The van der Waals surface area contributed by atoms with Gasteiger partial charge in [-0.2, -0.15) is 13.5 Å². The number of nitrogens with zero attached hydrogens (tertiary/aromatic N) is 6. The van der Waals surface area contributed by atoms with Crippen molar-refractivity contribution in [3.63, 3.8) is 0 Å². The van der Waals surface area contributed by atoms with Crippen LogP contribution in [0, 0.1) is 35.0 Å². The van der Waals surface area contributed by atoms with Crippen LogP contribution in [0.2, 0.25) is 0 Å². The molecule has 1 aliphatic heterocycles. The smallest absolute Gasteiger partial charge is 0.410 e. The number of ether oxygens (including phenoxy) is 14. The Morgan fingerprint density at radius 1 is 0.617 bits per heavy atom. The van der Waals surface area contributed by atoms with Crippen molar-refractivity contribution in [1.82, 2.24) is 40.2 Å². The Morgan fingerprint density at radius 3 is 1.76 bits per heavy atom. The molecule has 8 aromatic rings. The summed E-state index contributed by atoms with van der Waals surface area (Å²) in [6, 6.07) is 32.3. The van der Waals surface area contributed by atoms with Crippen molar-refractivity contribution in [2.75, 3.05) is 190 Å². The van der Waals surface area contributed by atoms with Gasteiger partial charge >= 0.3 is 18.1 Å². The Morgan fingerprint density at radius 2 is 1.19 bits per heavy atom. The maximum absolute atomic E-state index is 14.6. The molecule has 3 aromatic heterocycles. The number of methoxy groups -OCH3 is 1. The molecule has 764 valence electrons. The lowest BCUT2D eigenvalue weighted by atomic mass is 9.39. The minimum atomic E-state index is -4.55. The van der Waals surface area contributed by atoms with Crippen LogP contribution in [0.5, 0.6) is 5.75 Å². The Labute approximate surface area is 825 Å². The van der Waals surface area contributed by atoms with Gasteiger partial charge < -0.3 is 92.7 Å². The van der Waals surface area contributed by atoms with Gasteiger partial charge in [0.05, 0.1) is 185 Å². The van der Waals surface area contributed by atoms with Gasteiger partial charge in [-0.05, 0) is 156 Å². The number of carboxylic acid groups (broad SMARTS) is 1. The van der Waals surface area contributed by atoms with E-state index >= 15 is 0 Å². The molecule has 7 N–H and O–H groups in total. The normalized spacial score (nSPS) is 18.3. The second-order valence-electron chi connectivity index (χ2n) is 37.1. The molecule has 0 radical (unpaired) electrons. The summed E-state index contributed by atoms with van der Waals surface area (Å²) in [5.74, 6) is -6.36. The highest BCUT2D eigenvalue weighted by atomic mass is 32.2. The number of amides is 7. The summed E-state index contributed by atoms with van der Waals surface area (Å²) in [6.07, 6.45) is 7.41. The Hall–Kier alpha value is -11.0. The zero-order chi connectivity index (χ0) is 100. The Kier molecular flexibility index (Phi) is 41.2. The lowest BCUT2D eigenvalue weighted by Crippen LogP contribution is -2.64. The van der Waals surface area contributed by atoms with Gasteiger partial charge in [0.2, 0.25) is 5.91 Å². The third kappa shape index (κ3) is 33.0. The molecule has 4 heterocycles. The van der Waals surface area contributed by atoms with E-state index in [0.29, 0.717) is 206 Å². The summed E-state index contributed by atoms with van der Waals surface area (Å²) in [5, 5.41) is 26.0. The van der Waals surface area contributed by atoms with Gasteiger partial charge in [0.1, 0.15) is 25.0 Å². The van der Waals surface area contributed by atoms with Crippen LogP contribution in [0.4, 0.5) is 14.7 Å². The molecule has 141 heavy (non-hydrogen) atoms. The summed E-state index contributed by atoms with van der Waals surface area (Å²) < 4.78 is 116. The fraction of sp³-hybridized carbons (Fsp3) is 0.529. The lowest BCUT2D eigenvalue weighted by molar-refractivity contribution is -0.248. The van der Waals surface area contributed by atoms with Gasteiger partial charge in [-0.15, -0.1) is 0 Å². The number of fused-ring (bicyclic) bond motifs is 2. The van der Waals surface area contributed by atoms with E-state index in [-0.39, 0.29) is 93.0 Å². The average Bonchev–Trinajstić information content (AvgIpc) is 1.05. The van der Waals surface area contributed by atoms with E-state index in [1.807, 2.05) is 66.2 Å². The van der Waals surface area contributed by atoms with Crippen LogP contribution in [-0.2, 0) is 122 Å². The summed E-state index contributed by atoms with van der Waals surface area (Å²) in [7, 11) is -2.92. The minimum Gasteiger partial charge on any atom is -0.491 e. The van der Waals surface area contributed by atoms with E-state index in [2.05, 4.69) is 34.8 Å². The predicted molar refractivity (Wildman–Crippen MR) is 523 cm³/mol. The first-order valence-electron chi connectivity index (χ1n) is 47.9. The van der Waals surface area contributed by atoms with Crippen molar-refractivity contribution in [2.24, 2.45) is 33.8 Å². The van der Waals surface area contributed by atoms with Gasteiger partial charge in [-0.25, -0.2) is 24.4 Å². The van der Waals surface area contributed by atoms with Crippen molar-refractivity contribution in [2.45, 2.75) is 136 Å². The number of rotatable bonds is 66. The Balaban J connectivity index is 0.569. The van der Waals surface area contributed by atoms with Crippen LogP contribution in [-0.4, -0.2) is 303 Å². The van der Waals surface area contributed by atoms with E-state index in [9.17, 15) is 61.2 Å². The maximum Gasteiger partial charge on any atom is 0.410 e. The van der Waals surface area contributed by atoms with Gasteiger partial charge in [-0.1, -0.05) is 112 Å². The quantitative estimate of drug-likeness (QED) is 0.0117. The molecule has 2 unspecified atom stereocenters. The molecule has 5 atom stereocenters. The summed E-state index contributed by atoms with van der Waals surface area (Å²) in [4.78, 5) is 134. The molecule has 13 rings (SSSR count). The second-order valence-corrected chi connectivity index (χ2v) is 39.7. The van der Waals surface area contributed by atoms with Crippen LogP contribution < -0.4 is 26.4 Å². The fourth-order valence-corrected chi connectivity index (χ4v) is 21.1. The zero-order valence-electron chi connectivity index (χ0n) is 81.1. The van der Waals surface area contributed by atoms with Crippen molar-refractivity contribution in [1.29, 1.82) is 0 Å². The number of nitrogens with two attached hydrogens (primary N) is 1. The number of imide groups is 1. The predicted octanol–water partition coefficient (Wildman–Crippen LogP) is 11.3. The number of carbonyl (C=O) groups excluding carboxylic acids is 8. The number of Topliss-reactive ketones (excluding diaryl/α,β-unsaturated/α-hetero) is 2. The number of carbonyl (C=O) groups is 9. The van der Waals surface area contributed by atoms with E-state index in [1.165, 1.54) is 16.2 Å². The molecular formula is C102H132N10O27S2. The number of urea groups is 1. The third-order valence-corrected chi connectivity index (χ3v) is 27.0. The molecule has 0 saturated heterocycles. The fourth-order valence-electron chi connectivity index (χ4n) is 19.8. The van der Waals surface area contributed by atoms with Gasteiger partial charge in [0.25, 0.3) is 27.8 Å². The number of primary amides is 1. The summed E-state index contributed by atoms with van der Waals surface area (Å²) >= 11 is 1.38. The molecule has 4 aliphatic carbocycles. The zero-order valence-corrected chi connectivity index (χ0v) is 82.7. The highest BCUT2D eigenvalue weighted by Crippen LogP contribution is 2.72. The molecule has 0 spiro atoms. The first-order chi connectivity index (χ1) is 67.9. The molecule has 4 fully saturated rings. The first kappa shape index (κ1) is 109. The van der Waals surface area contributed by atoms with Crippen LogP contribution in [0.15, 0.2) is 140 Å². The van der Waals surface area contributed by atoms with E-state index in [1.54, 1.807) is 93.9 Å². The topological polar surface area (TPSA) is 470 Å². The monoisotopic (exact) mass is 1990 g/mol. The third-order valence-electron chi connectivity index (χ3n) is 25.4. The number of hydrogen-bond donors (Lipinski definition) is 6. The van der Waals surface area contributed by atoms with Gasteiger partial charge in [0, 0.05) is 98.6 Å². The highest BCUT2D eigenvalue weighted by Gasteiger charge is 2.66. The maximum atomic E-state index is 14.6. The largest absolute Gasteiger partial charge is 0.491 e. The SMILES string of the molecule is COCCOCCOCCOCCOCCOCCOCCOCCOCCOCCOCCOc1ccc(C[C@@H](C(=O)C[C@H](C(=O)N[C@@H](CCCNC(N)=O)C(=O)Cc2ccc(COC(=O)N(CCOC34CC5(C)CC(C)(CC(Cn6ncc(-c7ccc(-c8ccc9cccc(C(=O)Nc%10nc%11ccccc%11s%10)c9c8)nc7C(=O)O)c6C)(C5)C3)C4)CCS(=O)(=O)O)cc2)C(C)C)N2C(=O)C=CC2=O)cc1. The van der Waals surface area contributed by atoms with Crippen LogP contribution in [0.25, 0.3) is 43.4 Å². The van der Waals surface area contributed by atoms with Crippen LogP contribution in [0.3, 0.4) is 0 Å². The first-order valence-corrected chi connectivity index (χ1v) is 50.3. The van der Waals surface area contributed by atoms with Crippen molar-refractivity contribution < 1.29 is 128 Å². The van der Waals surface area contributed by atoms with Crippen molar-refractivity contribution >= 4 is 101 Å². The van der Waals surface area contributed by atoms with Gasteiger partial charge in [0.15, 0.2) is 22.4 Å². The number of para-hydroxylation sites is 1. The summed E-state index contributed by atoms with van der Waals surface area (Å²) in [5.41, 5.74) is 9.51. The molecule has 39 heteroatoms. The highest BCUT2D eigenvalue weighted by molar-refractivity contribution is 7.85. The second kappa shape index (κ2) is 53.4. The average molecular weight is 1990 g/mol. The number of aromatic nitrogens is 4. The molecule has 7 amide bonds. The number of thiazole rings is 1. The van der Waals surface area contributed by atoms with Crippen molar-refractivity contribution in [3.8, 4) is 28.1 Å². The van der Waals surface area contributed by atoms with Crippen LogP contribution >= 0.6 is 11.3 Å². The molecule has 4 saturated carbocycles. The minimum absolute atomic E-state index is 0.00488. The molecule has 5 aliphatic rings. The lowest BCUT2D eigenvalue weighted by Gasteiger charge is -2.69. The van der Waals surface area contributed by atoms with Gasteiger partial charge in [-0.3, -0.25) is 48.2 Å². The number of anilines is 1. The number of pyridine rings is 1. The number of nitrogens with one attached hydrogen (secondary N) is 3. The molecule has 37 nitrogen and oxygen atoms in total. The number of benzene rings is 5. The number of aromatic carboxylic acids is 1. The summed E-state index contributed by atoms with van der Waals surface area (Å²) in [6.45, 7) is 19.2. The Bertz CT molecular complexity index is 5590. The van der Waals surface area contributed by atoms with E-state index < -0.39 is 106 Å². The number of hydrogen-bond acceptors (Lipinski definition) is 29. The number of carboxylic acids is 1.